The van der Waals surface area contributed by atoms with Crippen LogP contribution in [-0.4, -0.2) is 0 Å². The monoisotopic (exact) mass is 359 g/mol. The summed E-state index contributed by atoms with van der Waals surface area (Å²) < 4.78 is 6.53. The molecule has 0 fully saturated rings. The Bertz CT molecular complexity index is 617. The van der Waals surface area contributed by atoms with Gasteiger partial charge in [-0.15, -0.1) is 0 Å². The van der Waals surface area contributed by atoms with Crippen molar-refractivity contribution in [2.24, 2.45) is 5.73 Å². The van der Waals surface area contributed by atoms with Gasteiger partial charge in [0, 0.05) is 17.1 Å². The number of aryl methyl sites for hydroxylation is 1. The van der Waals surface area contributed by atoms with Gasteiger partial charge in [0.25, 0.3) is 0 Å². The van der Waals surface area contributed by atoms with Crippen molar-refractivity contribution >= 4 is 39.1 Å². The maximum atomic E-state index is 6.13. The fourth-order valence-corrected chi connectivity index (χ4v) is 2.49. The first-order valence-corrected chi connectivity index (χ1v) is 7.18. The molecular formula is C14H12BrCl2NO. The lowest BCUT2D eigenvalue weighted by molar-refractivity contribution is 0.479. The molecule has 0 atom stereocenters. The van der Waals surface area contributed by atoms with Crippen LogP contribution in [0.25, 0.3) is 0 Å². The highest BCUT2D eigenvalue weighted by atomic mass is 79.9. The maximum absolute atomic E-state index is 6.13. The lowest BCUT2D eigenvalue weighted by atomic mass is 10.1. The van der Waals surface area contributed by atoms with Crippen LogP contribution in [0.1, 0.15) is 11.1 Å². The van der Waals surface area contributed by atoms with Crippen molar-refractivity contribution in [1.82, 2.24) is 0 Å². The standard InChI is InChI=1S/C14H12BrCl2NO/c1-8-4-9(7-18)2-3-13(8)19-14-6-11(16)10(15)5-12(14)17/h2-6H,7,18H2,1H3. The summed E-state index contributed by atoms with van der Waals surface area (Å²) in [6.07, 6.45) is 0. The number of rotatable bonds is 3. The second-order valence-corrected chi connectivity index (χ2v) is 5.77. The molecule has 19 heavy (non-hydrogen) atoms. The molecule has 100 valence electrons. The molecule has 2 nitrogen and oxygen atoms in total. The van der Waals surface area contributed by atoms with Crippen LogP contribution < -0.4 is 10.5 Å². The van der Waals surface area contributed by atoms with Crippen LogP contribution in [0, 0.1) is 6.92 Å². The Hall–Kier alpha value is -0.740. The minimum absolute atomic E-state index is 0.499. The quantitative estimate of drug-likeness (QED) is 0.752. The van der Waals surface area contributed by atoms with Gasteiger partial charge in [-0.1, -0.05) is 35.3 Å². The molecule has 2 aromatic carbocycles. The van der Waals surface area contributed by atoms with Gasteiger partial charge >= 0.3 is 0 Å². The summed E-state index contributed by atoms with van der Waals surface area (Å²) in [7, 11) is 0. The first kappa shape index (κ1) is 14.7. The van der Waals surface area contributed by atoms with Gasteiger partial charge in [0.2, 0.25) is 0 Å². The van der Waals surface area contributed by atoms with Crippen molar-refractivity contribution in [2.75, 3.05) is 0 Å². The van der Waals surface area contributed by atoms with E-state index in [1.165, 1.54) is 0 Å². The van der Waals surface area contributed by atoms with E-state index < -0.39 is 0 Å². The molecule has 2 N–H and O–H groups in total. The summed E-state index contributed by atoms with van der Waals surface area (Å²) >= 11 is 15.5. The van der Waals surface area contributed by atoms with E-state index >= 15 is 0 Å². The normalized spacial score (nSPS) is 10.6. The third kappa shape index (κ3) is 3.42. The molecule has 0 radical (unpaired) electrons. The van der Waals surface area contributed by atoms with Crippen LogP contribution in [0.4, 0.5) is 0 Å². The zero-order valence-corrected chi connectivity index (χ0v) is 13.3. The van der Waals surface area contributed by atoms with Crippen LogP contribution in [0.15, 0.2) is 34.8 Å². The maximum Gasteiger partial charge on any atom is 0.147 e. The van der Waals surface area contributed by atoms with Crippen molar-refractivity contribution < 1.29 is 4.74 Å². The molecular weight excluding hydrogens is 349 g/mol. The largest absolute Gasteiger partial charge is 0.455 e. The Kier molecular flexibility index (Phi) is 4.74. The van der Waals surface area contributed by atoms with Crippen LogP contribution in [0.2, 0.25) is 10.0 Å². The predicted octanol–water partition coefficient (Wildman–Crippen LogP) is 5.32. The zero-order valence-electron chi connectivity index (χ0n) is 10.2. The summed E-state index contributed by atoms with van der Waals surface area (Å²) in [5.41, 5.74) is 7.66. The Balaban J connectivity index is 2.33. The molecule has 0 bridgehead atoms. The van der Waals surface area contributed by atoms with Gasteiger partial charge in [0.05, 0.1) is 10.0 Å². The second-order valence-electron chi connectivity index (χ2n) is 4.10. The molecule has 0 aliphatic heterocycles. The Morgan fingerprint density at radius 2 is 1.84 bits per heavy atom. The van der Waals surface area contributed by atoms with Crippen molar-refractivity contribution in [2.45, 2.75) is 13.5 Å². The van der Waals surface area contributed by atoms with E-state index in [1.807, 2.05) is 25.1 Å². The van der Waals surface area contributed by atoms with Crippen molar-refractivity contribution in [3.63, 3.8) is 0 Å². The van der Waals surface area contributed by atoms with E-state index in [0.29, 0.717) is 22.3 Å². The fourth-order valence-electron chi connectivity index (χ4n) is 1.65. The summed E-state index contributed by atoms with van der Waals surface area (Å²) in [6, 6.07) is 9.19. The molecule has 2 aromatic rings. The van der Waals surface area contributed by atoms with Gasteiger partial charge < -0.3 is 10.5 Å². The van der Waals surface area contributed by atoms with Gasteiger partial charge in [-0.05, 0) is 46.1 Å². The molecule has 5 heteroatoms. The van der Waals surface area contributed by atoms with E-state index in [1.54, 1.807) is 12.1 Å². The molecule has 0 heterocycles. The van der Waals surface area contributed by atoms with Crippen LogP contribution in [0.5, 0.6) is 11.5 Å². The summed E-state index contributed by atoms with van der Waals surface area (Å²) in [4.78, 5) is 0. The molecule has 0 aliphatic rings. The summed E-state index contributed by atoms with van der Waals surface area (Å²) in [6.45, 7) is 2.47. The van der Waals surface area contributed by atoms with Crippen molar-refractivity contribution in [1.29, 1.82) is 0 Å². The van der Waals surface area contributed by atoms with Crippen LogP contribution in [0.3, 0.4) is 0 Å². The van der Waals surface area contributed by atoms with Gasteiger partial charge in [-0.2, -0.15) is 0 Å². The lowest BCUT2D eigenvalue weighted by Crippen LogP contribution is -1.97. The van der Waals surface area contributed by atoms with Crippen LogP contribution in [-0.2, 0) is 6.54 Å². The van der Waals surface area contributed by atoms with E-state index in [9.17, 15) is 0 Å². The average molecular weight is 361 g/mol. The minimum Gasteiger partial charge on any atom is -0.455 e. The SMILES string of the molecule is Cc1cc(CN)ccc1Oc1cc(Cl)c(Br)cc1Cl. The van der Waals surface area contributed by atoms with Crippen LogP contribution >= 0.6 is 39.1 Å². The molecule has 0 amide bonds. The highest BCUT2D eigenvalue weighted by Crippen LogP contribution is 2.37. The number of nitrogens with two attached hydrogens (primary N) is 1. The lowest BCUT2D eigenvalue weighted by Gasteiger charge is -2.12. The Morgan fingerprint density at radius 1 is 1.11 bits per heavy atom. The van der Waals surface area contributed by atoms with Gasteiger partial charge in [0.1, 0.15) is 11.5 Å². The van der Waals surface area contributed by atoms with Crippen molar-refractivity contribution in [3.8, 4) is 11.5 Å². The third-order valence-corrected chi connectivity index (χ3v) is 4.16. The second kappa shape index (κ2) is 6.14. The van der Waals surface area contributed by atoms with Gasteiger partial charge in [-0.3, -0.25) is 0 Å². The molecule has 0 spiro atoms. The topological polar surface area (TPSA) is 35.2 Å². The minimum atomic E-state index is 0.499. The molecule has 0 aromatic heterocycles. The number of ether oxygens (including phenoxy) is 1. The fraction of sp³-hybridized carbons (Fsp3) is 0.143. The van der Waals surface area contributed by atoms with E-state index in [4.69, 9.17) is 33.7 Å². The molecule has 0 saturated heterocycles. The van der Waals surface area contributed by atoms with E-state index in [2.05, 4.69) is 15.9 Å². The number of benzene rings is 2. The first-order valence-electron chi connectivity index (χ1n) is 5.63. The number of hydrogen-bond acceptors (Lipinski definition) is 2. The number of hydrogen-bond donors (Lipinski definition) is 1. The summed E-state index contributed by atoms with van der Waals surface area (Å²) in [5.74, 6) is 1.26. The first-order chi connectivity index (χ1) is 9.01. The smallest absolute Gasteiger partial charge is 0.147 e. The molecule has 0 aliphatic carbocycles. The third-order valence-electron chi connectivity index (χ3n) is 2.67. The highest BCUT2D eigenvalue weighted by molar-refractivity contribution is 9.10. The van der Waals surface area contributed by atoms with Gasteiger partial charge in [0.15, 0.2) is 0 Å². The van der Waals surface area contributed by atoms with E-state index in [0.717, 1.165) is 21.3 Å². The molecule has 2 rings (SSSR count). The highest BCUT2D eigenvalue weighted by Gasteiger charge is 2.09. The average Bonchev–Trinajstić information content (AvgIpc) is 2.38. The predicted molar refractivity (Wildman–Crippen MR) is 83.3 cm³/mol. The molecule has 0 unspecified atom stereocenters. The Labute approximate surface area is 130 Å². The van der Waals surface area contributed by atoms with Crippen molar-refractivity contribution in [3.05, 3.63) is 56.0 Å². The molecule has 0 saturated carbocycles. The van der Waals surface area contributed by atoms with Gasteiger partial charge in [-0.25, -0.2) is 0 Å². The van der Waals surface area contributed by atoms with E-state index in [-0.39, 0.29) is 0 Å². The number of halogens is 3. The summed E-state index contributed by atoms with van der Waals surface area (Å²) in [5, 5.41) is 1.05. The Morgan fingerprint density at radius 3 is 2.47 bits per heavy atom. The zero-order chi connectivity index (χ0) is 14.0.